The third-order valence-electron chi connectivity index (χ3n) is 5.02. The van der Waals surface area contributed by atoms with Crippen molar-refractivity contribution in [2.75, 3.05) is 13.1 Å². The number of carboxylic acids is 1. The Hall–Kier alpha value is -1.50. The Morgan fingerprint density at radius 2 is 2.33 bits per heavy atom. The third-order valence-corrected chi connectivity index (χ3v) is 5.96. The van der Waals surface area contributed by atoms with Crippen LogP contribution < -0.4 is 0 Å². The van der Waals surface area contributed by atoms with Gasteiger partial charge in [-0.15, -0.1) is 11.3 Å². The van der Waals surface area contributed by atoms with Crippen molar-refractivity contribution in [3.05, 3.63) is 28.8 Å². The van der Waals surface area contributed by atoms with Crippen LogP contribution >= 0.6 is 11.3 Å². The standard InChI is InChI=1S/C18H22N2O3S/c1-12-19-15-4-3-13(7-16(15)24-12)9-20-10-14(8-17(21)22)23-18(11-20)5-2-6-18/h3-4,7,14H,2,5-6,8-11H2,1H3,(H,21,22). The van der Waals surface area contributed by atoms with Crippen LogP contribution in [-0.2, 0) is 16.1 Å². The molecule has 1 saturated heterocycles. The molecule has 24 heavy (non-hydrogen) atoms. The largest absolute Gasteiger partial charge is 0.481 e. The molecule has 2 fully saturated rings. The molecule has 0 radical (unpaired) electrons. The average Bonchev–Trinajstić information content (AvgIpc) is 2.84. The van der Waals surface area contributed by atoms with Crippen molar-refractivity contribution in [1.29, 1.82) is 0 Å². The van der Waals surface area contributed by atoms with Crippen LogP contribution in [0, 0.1) is 6.92 Å². The van der Waals surface area contributed by atoms with Gasteiger partial charge in [0.25, 0.3) is 0 Å². The summed E-state index contributed by atoms with van der Waals surface area (Å²) >= 11 is 1.72. The number of benzene rings is 1. The molecular weight excluding hydrogens is 324 g/mol. The lowest BCUT2D eigenvalue weighted by Crippen LogP contribution is -2.58. The number of morpholine rings is 1. The van der Waals surface area contributed by atoms with E-state index in [1.165, 1.54) is 16.7 Å². The van der Waals surface area contributed by atoms with E-state index in [-0.39, 0.29) is 18.1 Å². The van der Waals surface area contributed by atoms with Gasteiger partial charge in [0, 0.05) is 19.6 Å². The van der Waals surface area contributed by atoms with E-state index in [0.717, 1.165) is 36.5 Å². The van der Waals surface area contributed by atoms with Crippen LogP contribution in [0.3, 0.4) is 0 Å². The van der Waals surface area contributed by atoms with E-state index in [4.69, 9.17) is 9.84 Å². The first-order valence-corrected chi connectivity index (χ1v) is 9.31. The lowest BCUT2D eigenvalue weighted by molar-refractivity contribution is -0.196. The van der Waals surface area contributed by atoms with E-state index in [1.54, 1.807) is 11.3 Å². The number of fused-ring (bicyclic) bond motifs is 1. The maximum absolute atomic E-state index is 11.1. The van der Waals surface area contributed by atoms with Crippen LogP contribution in [0.25, 0.3) is 10.2 Å². The number of hydrogen-bond donors (Lipinski definition) is 1. The number of nitrogens with zero attached hydrogens (tertiary/aromatic N) is 2. The van der Waals surface area contributed by atoms with Crippen LogP contribution in [0.15, 0.2) is 18.2 Å². The Bertz CT molecular complexity index is 769. The van der Waals surface area contributed by atoms with Gasteiger partial charge in [-0.1, -0.05) is 6.07 Å². The molecule has 1 aliphatic heterocycles. The number of aryl methyl sites for hydroxylation is 1. The summed E-state index contributed by atoms with van der Waals surface area (Å²) in [5, 5.41) is 10.2. The van der Waals surface area contributed by atoms with Crippen LogP contribution in [0.5, 0.6) is 0 Å². The first kappa shape index (κ1) is 16.0. The fraction of sp³-hybridized carbons (Fsp3) is 0.556. The maximum atomic E-state index is 11.1. The molecule has 1 unspecified atom stereocenters. The van der Waals surface area contributed by atoms with E-state index < -0.39 is 5.97 Å². The topological polar surface area (TPSA) is 62.7 Å². The first-order chi connectivity index (χ1) is 11.5. The molecule has 0 amide bonds. The number of carboxylic acid groups (broad SMARTS) is 1. The Morgan fingerprint density at radius 1 is 1.50 bits per heavy atom. The summed E-state index contributed by atoms with van der Waals surface area (Å²) in [7, 11) is 0. The number of thiazole rings is 1. The van der Waals surface area contributed by atoms with Gasteiger partial charge in [-0.25, -0.2) is 4.98 Å². The second-order valence-corrected chi connectivity index (χ2v) is 8.31. The smallest absolute Gasteiger partial charge is 0.306 e. The lowest BCUT2D eigenvalue weighted by Gasteiger charge is -2.51. The molecule has 1 aromatic heterocycles. The molecule has 1 saturated carbocycles. The van der Waals surface area contributed by atoms with Crippen molar-refractivity contribution in [2.45, 2.75) is 50.9 Å². The molecule has 0 bridgehead atoms. The van der Waals surface area contributed by atoms with Gasteiger partial charge in [0.1, 0.15) is 0 Å². The van der Waals surface area contributed by atoms with Gasteiger partial charge >= 0.3 is 5.97 Å². The molecule has 2 heterocycles. The van der Waals surface area contributed by atoms with E-state index in [0.29, 0.717) is 6.54 Å². The van der Waals surface area contributed by atoms with Gasteiger partial charge in [0.15, 0.2) is 0 Å². The summed E-state index contributed by atoms with van der Waals surface area (Å²) in [6.45, 7) is 4.47. The average molecular weight is 346 g/mol. The van der Waals surface area contributed by atoms with Crippen molar-refractivity contribution in [3.8, 4) is 0 Å². The minimum absolute atomic E-state index is 0.0886. The zero-order chi connectivity index (χ0) is 16.7. The summed E-state index contributed by atoms with van der Waals surface area (Å²) in [4.78, 5) is 18.0. The normalized spacial score (nSPS) is 23.5. The van der Waals surface area contributed by atoms with Crippen LogP contribution in [0.2, 0.25) is 0 Å². The van der Waals surface area contributed by atoms with Gasteiger partial charge < -0.3 is 9.84 Å². The molecule has 5 nitrogen and oxygen atoms in total. The first-order valence-electron chi connectivity index (χ1n) is 8.49. The third kappa shape index (κ3) is 3.18. The zero-order valence-corrected chi connectivity index (χ0v) is 14.6. The van der Waals surface area contributed by atoms with Gasteiger partial charge in [-0.05, 0) is 43.9 Å². The molecule has 2 aliphatic rings. The maximum Gasteiger partial charge on any atom is 0.306 e. The van der Waals surface area contributed by atoms with Crippen molar-refractivity contribution in [1.82, 2.24) is 9.88 Å². The van der Waals surface area contributed by atoms with Crippen molar-refractivity contribution in [2.24, 2.45) is 0 Å². The van der Waals surface area contributed by atoms with Crippen LogP contribution in [-0.4, -0.2) is 45.8 Å². The minimum Gasteiger partial charge on any atom is -0.481 e. The highest BCUT2D eigenvalue weighted by Gasteiger charge is 2.45. The van der Waals surface area contributed by atoms with Gasteiger partial charge in [0.05, 0.1) is 33.4 Å². The zero-order valence-electron chi connectivity index (χ0n) is 13.8. The van der Waals surface area contributed by atoms with Crippen molar-refractivity contribution < 1.29 is 14.6 Å². The summed E-state index contributed by atoms with van der Waals surface area (Å²) in [5.74, 6) is -0.780. The number of carbonyl (C=O) groups is 1. The molecule has 128 valence electrons. The van der Waals surface area contributed by atoms with Gasteiger partial charge in [0.2, 0.25) is 0 Å². The Balaban J connectivity index is 1.51. The highest BCUT2D eigenvalue weighted by Crippen LogP contribution is 2.40. The monoisotopic (exact) mass is 346 g/mol. The van der Waals surface area contributed by atoms with E-state index >= 15 is 0 Å². The molecule has 4 rings (SSSR count). The quantitative estimate of drug-likeness (QED) is 0.921. The molecule has 1 aliphatic carbocycles. The second kappa shape index (κ2) is 6.10. The summed E-state index contributed by atoms with van der Waals surface area (Å²) < 4.78 is 7.35. The molecule has 1 N–H and O–H groups in total. The number of rotatable bonds is 4. The van der Waals surface area contributed by atoms with E-state index in [2.05, 4.69) is 28.1 Å². The summed E-state index contributed by atoms with van der Waals surface area (Å²) in [6, 6.07) is 6.44. The van der Waals surface area contributed by atoms with Gasteiger partial charge in [-0.2, -0.15) is 0 Å². The van der Waals surface area contributed by atoms with Crippen LogP contribution in [0.4, 0.5) is 0 Å². The summed E-state index contributed by atoms with van der Waals surface area (Å²) in [6.07, 6.45) is 3.16. The Morgan fingerprint density at radius 3 is 3.04 bits per heavy atom. The molecular formula is C18H22N2O3S. The highest BCUT2D eigenvalue weighted by atomic mass is 32.1. The molecule has 6 heteroatoms. The van der Waals surface area contributed by atoms with E-state index in [9.17, 15) is 4.79 Å². The Kier molecular flexibility index (Phi) is 4.06. The number of aliphatic carboxylic acids is 1. The Labute approximate surface area is 145 Å². The van der Waals surface area contributed by atoms with Crippen molar-refractivity contribution in [3.63, 3.8) is 0 Å². The molecule has 1 spiro atoms. The van der Waals surface area contributed by atoms with Crippen molar-refractivity contribution >= 4 is 27.5 Å². The SMILES string of the molecule is Cc1nc2ccc(CN3CC(CC(=O)O)OC4(CCC4)C3)cc2s1. The molecule has 2 aromatic rings. The minimum atomic E-state index is -0.780. The van der Waals surface area contributed by atoms with Crippen LogP contribution in [0.1, 0.15) is 36.3 Å². The number of hydrogen-bond acceptors (Lipinski definition) is 5. The fourth-order valence-electron chi connectivity index (χ4n) is 3.90. The van der Waals surface area contributed by atoms with Gasteiger partial charge in [-0.3, -0.25) is 9.69 Å². The highest BCUT2D eigenvalue weighted by molar-refractivity contribution is 7.18. The predicted octanol–water partition coefficient (Wildman–Crippen LogP) is 3.20. The number of ether oxygens (including phenoxy) is 1. The molecule has 1 aromatic carbocycles. The fourth-order valence-corrected chi connectivity index (χ4v) is 4.79. The van der Waals surface area contributed by atoms with E-state index in [1.807, 2.05) is 6.92 Å². The number of aromatic nitrogens is 1. The predicted molar refractivity (Wildman–Crippen MR) is 93.3 cm³/mol. The lowest BCUT2D eigenvalue weighted by atomic mass is 9.78. The molecule has 1 atom stereocenters. The second-order valence-electron chi connectivity index (χ2n) is 7.08. The summed E-state index contributed by atoms with van der Waals surface area (Å²) in [5.41, 5.74) is 2.21.